The lowest BCUT2D eigenvalue weighted by atomic mass is 10.5. The van der Waals surface area contributed by atoms with Gasteiger partial charge in [0.15, 0.2) is 0 Å². The first kappa shape index (κ1) is 9.31. The predicted molar refractivity (Wildman–Crippen MR) is 45.9 cm³/mol. The molecule has 0 saturated heterocycles. The van der Waals surface area contributed by atoms with Gasteiger partial charge in [0.1, 0.15) is 0 Å². The highest BCUT2D eigenvalue weighted by Crippen LogP contribution is 2.00. The molecule has 9 heavy (non-hydrogen) atoms. The zero-order valence-corrected chi connectivity index (χ0v) is 7.21. The van der Waals surface area contributed by atoms with E-state index in [1.54, 1.807) is 0 Å². The van der Waals surface area contributed by atoms with Crippen molar-refractivity contribution >= 4 is 11.8 Å². The molecule has 0 rings (SSSR count). The maximum absolute atomic E-state index is 3.75. The summed E-state index contributed by atoms with van der Waals surface area (Å²) in [5.41, 5.74) is 0. The van der Waals surface area contributed by atoms with Gasteiger partial charge in [-0.25, -0.2) is 0 Å². The monoisotopic (exact) mass is 146 g/mol. The van der Waals surface area contributed by atoms with Crippen molar-refractivity contribution in [1.82, 2.24) is 4.90 Å². The Hall–Kier alpha value is 0.310. The lowest BCUT2D eigenvalue weighted by molar-refractivity contribution is 0.410. The number of nitrogens with zero attached hydrogens (tertiary/aromatic N) is 1. The van der Waals surface area contributed by atoms with E-state index in [1.807, 2.05) is 11.8 Å². The van der Waals surface area contributed by atoms with E-state index in [4.69, 9.17) is 0 Å². The van der Waals surface area contributed by atoms with Gasteiger partial charge in [0.25, 0.3) is 0 Å². The smallest absolute Gasteiger partial charge is 0.00170 e. The molecule has 0 amide bonds. The van der Waals surface area contributed by atoms with Crippen molar-refractivity contribution in [3.8, 4) is 0 Å². The van der Waals surface area contributed by atoms with Crippen LogP contribution in [0.3, 0.4) is 0 Å². The molecule has 0 aromatic heterocycles. The minimum absolute atomic E-state index is 1.01. The molecule has 0 aliphatic heterocycles. The average Bonchev–Trinajstić information content (AvgIpc) is 1.80. The molecule has 0 atom stereocenters. The largest absolute Gasteiger partial charge is 0.309 e. The molecule has 0 aromatic rings. The summed E-state index contributed by atoms with van der Waals surface area (Å²) in [6, 6.07) is 0. The molecule has 0 spiro atoms. The Morgan fingerprint density at radius 1 is 1.44 bits per heavy atom. The van der Waals surface area contributed by atoms with Crippen LogP contribution in [0.4, 0.5) is 0 Å². The molecular formula is C7H16NS. The standard InChI is InChI=1S/C7H16NS/c1-4-9-7-5-6-8(2)3/h1,4-7H2,2-3H3. The van der Waals surface area contributed by atoms with Crippen LogP contribution in [-0.2, 0) is 0 Å². The first-order chi connectivity index (χ1) is 4.27. The highest BCUT2D eigenvalue weighted by molar-refractivity contribution is 7.99. The summed E-state index contributed by atoms with van der Waals surface area (Å²) in [5, 5.41) is 0. The summed E-state index contributed by atoms with van der Waals surface area (Å²) < 4.78 is 0. The zero-order valence-electron chi connectivity index (χ0n) is 6.39. The van der Waals surface area contributed by atoms with E-state index in [2.05, 4.69) is 25.9 Å². The van der Waals surface area contributed by atoms with Crippen LogP contribution in [0, 0.1) is 6.92 Å². The number of hydrogen-bond acceptors (Lipinski definition) is 2. The highest BCUT2D eigenvalue weighted by Gasteiger charge is 1.88. The molecule has 0 saturated carbocycles. The van der Waals surface area contributed by atoms with Crippen LogP contribution in [0.1, 0.15) is 6.42 Å². The van der Waals surface area contributed by atoms with Gasteiger partial charge in [-0.05, 0) is 45.5 Å². The molecule has 2 heteroatoms. The van der Waals surface area contributed by atoms with E-state index in [0.717, 1.165) is 5.75 Å². The Morgan fingerprint density at radius 2 is 2.11 bits per heavy atom. The summed E-state index contributed by atoms with van der Waals surface area (Å²) in [4.78, 5) is 2.21. The lowest BCUT2D eigenvalue weighted by Gasteiger charge is -2.07. The average molecular weight is 146 g/mol. The van der Waals surface area contributed by atoms with Crippen molar-refractivity contribution in [2.45, 2.75) is 6.42 Å². The van der Waals surface area contributed by atoms with Gasteiger partial charge in [0, 0.05) is 0 Å². The topological polar surface area (TPSA) is 3.24 Å². The van der Waals surface area contributed by atoms with Crippen molar-refractivity contribution in [3.05, 3.63) is 6.92 Å². The third-order valence-electron chi connectivity index (χ3n) is 1.04. The minimum Gasteiger partial charge on any atom is -0.309 e. The Bertz CT molecular complexity index is 54.9. The molecular weight excluding hydrogens is 130 g/mol. The molecule has 0 N–H and O–H groups in total. The van der Waals surface area contributed by atoms with Gasteiger partial charge in [0.2, 0.25) is 0 Å². The molecule has 0 unspecified atom stereocenters. The molecule has 0 heterocycles. The Balaban J connectivity index is 2.75. The fraction of sp³-hybridized carbons (Fsp3) is 0.857. The SMILES string of the molecule is [CH2]CSCCCN(C)C. The van der Waals surface area contributed by atoms with E-state index >= 15 is 0 Å². The summed E-state index contributed by atoms with van der Waals surface area (Å²) in [5.74, 6) is 2.26. The van der Waals surface area contributed by atoms with E-state index in [9.17, 15) is 0 Å². The van der Waals surface area contributed by atoms with Crippen LogP contribution in [0.2, 0.25) is 0 Å². The molecule has 0 fully saturated rings. The van der Waals surface area contributed by atoms with Gasteiger partial charge < -0.3 is 4.90 Å². The van der Waals surface area contributed by atoms with Crippen LogP contribution < -0.4 is 0 Å². The van der Waals surface area contributed by atoms with Crippen molar-refractivity contribution < 1.29 is 0 Å². The van der Waals surface area contributed by atoms with Crippen molar-refractivity contribution in [2.24, 2.45) is 0 Å². The second-order valence-electron chi connectivity index (χ2n) is 2.27. The fourth-order valence-electron chi connectivity index (χ4n) is 0.585. The van der Waals surface area contributed by atoms with Crippen LogP contribution in [0.5, 0.6) is 0 Å². The van der Waals surface area contributed by atoms with Gasteiger partial charge in [-0.1, -0.05) is 0 Å². The molecule has 0 aliphatic rings. The van der Waals surface area contributed by atoms with Gasteiger partial charge in [-0.15, -0.1) is 0 Å². The van der Waals surface area contributed by atoms with Gasteiger partial charge in [-0.3, -0.25) is 0 Å². The summed E-state index contributed by atoms with van der Waals surface area (Å²) in [7, 11) is 4.21. The Labute approximate surface area is 62.8 Å². The quantitative estimate of drug-likeness (QED) is 0.541. The Kier molecular flexibility index (Phi) is 6.65. The predicted octanol–water partition coefficient (Wildman–Crippen LogP) is 1.51. The first-order valence-corrected chi connectivity index (χ1v) is 4.44. The maximum atomic E-state index is 3.75. The van der Waals surface area contributed by atoms with E-state index < -0.39 is 0 Å². The molecule has 0 bridgehead atoms. The second kappa shape index (κ2) is 6.43. The van der Waals surface area contributed by atoms with E-state index in [-0.39, 0.29) is 0 Å². The lowest BCUT2D eigenvalue weighted by Crippen LogP contribution is -2.13. The second-order valence-corrected chi connectivity index (χ2v) is 3.49. The fourth-order valence-corrected chi connectivity index (χ4v) is 1.12. The summed E-state index contributed by atoms with van der Waals surface area (Å²) in [6.07, 6.45) is 1.28. The van der Waals surface area contributed by atoms with Crippen molar-refractivity contribution in [1.29, 1.82) is 0 Å². The van der Waals surface area contributed by atoms with Gasteiger partial charge in [0.05, 0.1) is 0 Å². The molecule has 1 radical (unpaired) electrons. The normalized spacial score (nSPS) is 10.7. The number of rotatable bonds is 5. The van der Waals surface area contributed by atoms with Gasteiger partial charge in [-0.2, -0.15) is 11.8 Å². The van der Waals surface area contributed by atoms with Crippen LogP contribution in [0.25, 0.3) is 0 Å². The van der Waals surface area contributed by atoms with E-state index in [1.165, 1.54) is 18.7 Å². The third-order valence-corrected chi connectivity index (χ3v) is 1.90. The third kappa shape index (κ3) is 8.31. The first-order valence-electron chi connectivity index (χ1n) is 3.29. The number of thioether (sulfide) groups is 1. The Morgan fingerprint density at radius 3 is 2.56 bits per heavy atom. The van der Waals surface area contributed by atoms with Crippen molar-refractivity contribution in [2.75, 3.05) is 32.1 Å². The zero-order chi connectivity index (χ0) is 7.11. The van der Waals surface area contributed by atoms with Crippen LogP contribution in [-0.4, -0.2) is 37.0 Å². The molecule has 1 nitrogen and oxygen atoms in total. The summed E-state index contributed by atoms with van der Waals surface area (Å²) >= 11 is 1.91. The molecule has 55 valence electrons. The van der Waals surface area contributed by atoms with Crippen LogP contribution in [0.15, 0.2) is 0 Å². The molecule has 0 aliphatic carbocycles. The van der Waals surface area contributed by atoms with E-state index in [0.29, 0.717) is 0 Å². The number of hydrogen-bond donors (Lipinski definition) is 0. The van der Waals surface area contributed by atoms with Crippen molar-refractivity contribution in [3.63, 3.8) is 0 Å². The van der Waals surface area contributed by atoms with Gasteiger partial charge >= 0.3 is 0 Å². The summed E-state index contributed by atoms with van der Waals surface area (Å²) in [6.45, 7) is 4.95. The maximum Gasteiger partial charge on any atom is -0.00170 e. The minimum atomic E-state index is 1.01. The van der Waals surface area contributed by atoms with Crippen LogP contribution >= 0.6 is 11.8 Å². The highest BCUT2D eigenvalue weighted by atomic mass is 32.2. The molecule has 0 aromatic carbocycles.